The lowest BCUT2D eigenvalue weighted by atomic mass is 9.83. The van der Waals surface area contributed by atoms with Crippen LogP contribution < -0.4 is 4.74 Å². The van der Waals surface area contributed by atoms with E-state index in [4.69, 9.17) is 9.47 Å². The average molecular weight is 544 g/mol. The van der Waals surface area contributed by atoms with E-state index in [1.165, 1.54) is 11.3 Å². The zero-order chi connectivity index (χ0) is 28.3. The van der Waals surface area contributed by atoms with Gasteiger partial charge >= 0.3 is 12.2 Å². The van der Waals surface area contributed by atoms with Gasteiger partial charge in [0, 0.05) is 38.2 Å². The summed E-state index contributed by atoms with van der Waals surface area (Å²) in [7, 11) is 0. The topological polar surface area (TPSA) is 99.6 Å². The number of amides is 3. The summed E-state index contributed by atoms with van der Waals surface area (Å²) in [5, 5.41) is 9.48. The van der Waals surface area contributed by atoms with Crippen molar-refractivity contribution in [3.8, 4) is 5.75 Å². The van der Waals surface area contributed by atoms with E-state index in [1.54, 1.807) is 4.90 Å². The number of carbonyl (C=O) groups excluding carboxylic acids is 2. The first-order valence-corrected chi connectivity index (χ1v) is 14.5. The highest BCUT2D eigenvalue weighted by atomic mass is 16.6. The molecule has 0 spiro atoms. The van der Waals surface area contributed by atoms with Crippen molar-refractivity contribution < 1.29 is 29.0 Å². The molecule has 1 aromatic rings. The minimum atomic E-state index is -0.939. The molecule has 0 aromatic heterocycles. The van der Waals surface area contributed by atoms with Gasteiger partial charge < -0.3 is 29.3 Å². The fraction of sp³-hybridized carbons (Fsp3) is 0.700. The fourth-order valence-corrected chi connectivity index (χ4v) is 5.99. The first-order chi connectivity index (χ1) is 18.4. The van der Waals surface area contributed by atoms with E-state index >= 15 is 0 Å². The van der Waals surface area contributed by atoms with Crippen LogP contribution in [-0.4, -0.2) is 88.4 Å². The Morgan fingerprint density at radius 2 is 1.67 bits per heavy atom. The zero-order valence-corrected chi connectivity index (χ0v) is 24.1. The van der Waals surface area contributed by atoms with E-state index in [1.807, 2.05) is 57.7 Å². The third-order valence-electron chi connectivity index (χ3n) is 8.11. The smallest absolute Gasteiger partial charge is 0.410 e. The lowest BCUT2D eigenvalue weighted by Crippen LogP contribution is -2.58. The van der Waals surface area contributed by atoms with Crippen LogP contribution >= 0.6 is 0 Å². The molecule has 9 nitrogen and oxygen atoms in total. The van der Waals surface area contributed by atoms with Gasteiger partial charge in [0.05, 0.1) is 12.6 Å². The molecule has 0 unspecified atom stereocenters. The van der Waals surface area contributed by atoms with Crippen LogP contribution in [0.5, 0.6) is 5.75 Å². The van der Waals surface area contributed by atoms with Crippen LogP contribution in [0.3, 0.4) is 0 Å². The number of carboxylic acid groups (broad SMARTS) is 1. The molecule has 0 radical (unpaired) electrons. The average Bonchev–Trinajstić information content (AvgIpc) is 3.36. The number of likely N-dealkylation sites (tertiary alicyclic amines) is 1. The predicted molar refractivity (Wildman–Crippen MR) is 148 cm³/mol. The van der Waals surface area contributed by atoms with E-state index in [-0.39, 0.29) is 30.1 Å². The van der Waals surface area contributed by atoms with Crippen molar-refractivity contribution >= 4 is 18.1 Å². The molecule has 0 bridgehead atoms. The first kappa shape index (κ1) is 29.0. The van der Waals surface area contributed by atoms with Crippen molar-refractivity contribution in [2.45, 2.75) is 96.8 Å². The largest absolute Gasteiger partial charge is 0.488 e. The lowest BCUT2D eigenvalue weighted by molar-refractivity contribution is 0.0275. The number of piperazine rings is 1. The van der Waals surface area contributed by atoms with Crippen molar-refractivity contribution in [2.75, 3.05) is 32.7 Å². The molecule has 1 N–H and O–H groups in total. The number of nitrogens with zero attached hydrogens (tertiary/aromatic N) is 3. The van der Waals surface area contributed by atoms with Gasteiger partial charge in [0.15, 0.2) is 0 Å². The third kappa shape index (κ3) is 7.17. The highest BCUT2D eigenvalue weighted by molar-refractivity contribution is 5.95. The molecule has 2 heterocycles. The maximum atomic E-state index is 13.8. The number of ether oxygens (including phenoxy) is 2. The molecule has 3 amide bonds. The quantitative estimate of drug-likeness (QED) is 0.520. The third-order valence-corrected chi connectivity index (χ3v) is 8.11. The van der Waals surface area contributed by atoms with Crippen LogP contribution in [0, 0.1) is 5.92 Å². The van der Waals surface area contributed by atoms with Crippen molar-refractivity contribution in [3.05, 3.63) is 29.3 Å². The molecule has 9 heteroatoms. The van der Waals surface area contributed by atoms with E-state index < -0.39 is 11.7 Å². The van der Waals surface area contributed by atoms with Gasteiger partial charge in [0.1, 0.15) is 17.5 Å². The molecule has 39 heavy (non-hydrogen) atoms. The summed E-state index contributed by atoms with van der Waals surface area (Å²) in [6.07, 6.45) is 5.02. The molecule has 2 aliphatic heterocycles. The van der Waals surface area contributed by atoms with E-state index in [2.05, 4.69) is 0 Å². The standard InChI is InChI=1S/C30H45N3O6/c1-20(2)25-19-31(28(35)36)15-16-33(25)27(34)22-11-12-26(24(17-22)21-9-7-6-8-10-21)38-23-13-14-32(18-23)29(37)39-30(3,4)5/h11-12,17,20-21,23,25H,6-10,13-16,18-19H2,1-5H3,(H,35,36)/t23-,25+/m0/s1. The predicted octanol–water partition coefficient (Wildman–Crippen LogP) is 5.58. The van der Waals surface area contributed by atoms with Gasteiger partial charge in [-0.05, 0) is 69.2 Å². The molecule has 216 valence electrons. The van der Waals surface area contributed by atoms with Crippen LogP contribution in [0.1, 0.15) is 95.0 Å². The summed E-state index contributed by atoms with van der Waals surface area (Å²) < 4.78 is 12.0. The van der Waals surface area contributed by atoms with Gasteiger partial charge in [-0.1, -0.05) is 33.1 Å². The molecular weight excluding hydrogens is 498 g/mol. The maximum absolute atomic E-state index is 13.8. The Labute approximate surface area is 232 Å². The number of carbonyl (C=O) groups is 3. The number of rotatable bonds is 5. The SMILES string of the molecule is CC(C)[C@H]1CN(C(=O)O)CCN1C(=O)c1ccc(O[C@H]2CCN(C(=O)OC(C)(C)C)C2)c(C2CCCCC2)c1. The Morgan fingerprint density at radius 1 is 0.949 bits per heavy atom. The first-order valence-electron chi connectivity index (χ1n) is 14.5. The van der Waals surface area contributed by atoms with Gasteiger partial charge in [0.25, 0.3) is 5.91 Å². The highest BCUT2D eigenvalue weighted by Gasteiger charge is 2.36. The second-order valence-electron chi connectivity index (χ2n) is 12.6. The van der Waals surface area contributed by atoms with E-state index in [9.17, 15) is 19.5 Å². The van der Waals surface area contributed by atoms with Crippen molar-refractivity contribution in [2.24, 2.45) is 5.92 Å². The number of hydrogen-bond donors (Lipinski definition) is 1. The van der Waals surface area contributed by atoms with Crippen LogP contribution in [0.4, 0.5) is 9.59 Å². The zero-order valence-electron chi connectivity index (χ0n) is 24.1. The summed E-state index contributed by atoms with van der Waals surface area (Å²) in [6, 6.07) is 5.60. The van der Waals surface area contributed by atoms with Crippen molar-refractivity contribution in [3.63, 3.8) is 0 Å². The molecule has 3 aliphatic rings. The molecule has 3 fully saturated rings. The van der Waals surface area contributed by atoms with Crippen molar-refractivity contribution in [1.82, 2.24) is 14.7 Å². The van der Waals surface area contributed by atoms with Gasteiger partial charge in [-0.3, -0.25) is 4.79 Å². The Balaban J connectivity index is 1.53. The van der Waals surface area contributed by atoms with E-state index in [0.717, 1.165) is 43.4 Å². The minimum absolute atomic E-state index is 0.0562. The summed E-state index contributed by atoms with van der Waals surface area (Å²) in [4.78, 5) is 42.8. The Hall–Kier alpha value is -2.97. The van der Waals surface area contributed by atoms with Crippen LogP contribution in [0.25, 0.3) is 0 Å². The van der Waals surface area contributed by atoms with Crippen LogP contribution in [0.15, 0.2) is 18.2 Å². The molecule has 1 saturated carbocycles. The Morgan fingerprint density at radius 3 is 2.31 bits per heavy atom. The molecule has 2 saturated heterocycles. The van der Waals surface area contributed by atoms with E-state index in [0.29, 0.717) is 44.2 Å². The Kier molecular flexibility index (Phi) is 8.96. The van der Waals surface area contributed by atoms with Crippen LogP contribution in [0.2, 0.25) is 0 Å². The lowest BCUT2D eigenvalue weighted by Gasteiger charge is -2.42. The van der Waals surface area contributed by atoms with Gasteiger partial charge in [0.2, 0.25) is 0 Å². The summed E-state index contributed by atoms with van der Waals surface area (Å²) in [5.41, 5.74) is 1.15. The number of hydrogen-bond acceptors (Lipinski definition) is 5. The summed E-state index contributed by atoms with van der Waals surface area (Å²) >= 11 is 0. The Bertz CT molecular complexity index is 1050. The summed E-state index contributed by atoms with van der Waals surface area (Å²) in [6.45, 7) is 11.7. The van der Waals surface area contributed by atoms with Gasteiger partial charge in [-0.2, -0.15) is 0 Å². The molecule has 1 aliphatic carbocycles. The van der Waals surface area contributed by atoms with Gasteiger partial charge in [-0.15, -0.1) is 0 Å². The van der Waals surface area contributed by atoms with Gasteiger partial charge in [-0.25, -0.2) is 9.59 Å². The van der Waals surface area contributed by atoms with Crippen molar-refractivity contribution in [1.29, 1.82) is 0 Å². The second kappa shape index (κ2) is 12.0. The molecule has 1 aromatic carbocycles. The second-order valence-corrected chi connectivity index (χ2v) is 12.6. The van der Waals surface area contributed by atoms with Crippen LogP contribution in [-0.2, 0) is 4.74 Å². The minimum Gasteiger partial charge on any atom is -0.488 e. The highest BCUT2D eigenvalue weighted by Crippen LogP contribution is 2.39. The monoisotopic (exact) mass is 543 g/mol. The maximum Gasteiger partial charge on any atom is 0.410 e. The fourth-order valence-electron chi connectivity index (χ4n) is 5.99. The molecule has 4 rings (SSSR count). The summed E-state index contributed by atoms with van der Waals surface area (Å²) in [5.74, 6) is 1.20. The molecular formula is C30H45N3O6. The normalized spacial score (nSPS) is 22.8. The number of benzene rings is 1. The molecule has 2 atom stereocenters.